The van der Waals surface area contributed by atoms with Crippen molar-refractivity contribution < 1.29 is 4.58 Å². The number of hydrogen-bond donors (Lipinski definition) is 0. The highest BCUT2D eigenvalue weighted by molar-refractivity contribution is 6.03. The molecule has 0 aliphatic heterocycles. The zero-order valence-electron chi connectivity index (χ0n) is 16.8. The molecule has 0 aromatic heterocycles. The highest BCUT2D eigenvalue weighted by atomic mass is 15.1. The fourth-order valence-corrected chi connectivity index (χ4v) is 3.37. The largest absolute Gasteiger partial charge is 0.378 e. The van der Waals surface area contributed by atoms with Crippen molar-refractivity contribution in [3.8, 4) is 11.1 Å². The van der Waals surface area contributed by atoms with Crippen LogP contribution in [-0.2, 0) is 0 Å². The van der Waals surface area contributed by atoms with Crippen molar-refractivity contribution in [3.05, 3.63) is 84.0 Å². The first-order chi connectivity index (χ1) is 13.1. The van der Waals surface area contributed by atoms with Gasteiger partial charge in [0.2, 0.25) is 0 Å². The van der Waals surface area contributed by atoms with E-state index in [9.17, 15) is 0 Å². The minimum Gasteiger partial charge on any atom is -0.378 e. The van der Waals surface area contributed by atoms with Gasteiger partial charge in [0, 0.05) is 31.9 Å². The molecule has 0 amide bonds. The van der Waals surface area contributed by atoms with Crippen LogP contribution in [-0.4, -0.2) is 37.5 Å². The molecule has 2 aromatic rings. The predicted octanol–water partition coefficient (Wildman–Crippen LogP) is 5.42. The van der Waals surface area contributed by atoms with Gasteiger partial charge in [0.25, 0.3) is 0 Å². The van der Waals surface area contributed by atoms with E-state index in [1.807, 2.05) is 0 Å². The van der Waals surface area contributed by atoms with Crippen LogP contribution in [0, 0.1) is 0 Å². The van der Waals surface area contributed by atoms with Crippen LogP contribution < -0.4 is 4.90 Å². The summed E-state index contributed by atoms with van der Waals surface area (Å²) < 4.78 is 2.37. The maximum absolute atomic E-state index is 2.37. The molecule has 1 aliphatic carbocycles. The highest BCUT2D eigenvalue weighted by Gasteiger charge is 2.09. The number of benzene rings is 2. The molecule has 0 spiro atoms. The number of rotatable bonds is 5. The zero-order chi connectivity index (χ0) is 19.2. The molecular formula is C25H29N2+. The maximum Gasteiger partial charge on any atom is 0.199 e. The third-order valence-corrected chi connectivity index (χ3v) is 5.00. The second-order valence-corrected chi connectivity index (χ2v) is 6.94. The second-order valence-electron chi connectivity index (χ2n) is 6.94. The molecule has 2 nitrogen and oxygen atoms in total. The van der Waals surface area contributed by atoms with Gasteiger partial charge < -0.3 is 4.90 Å². The van der Waals surface area contributed by atoms with Crippen molar-refractivity contribution >= 4 is 17.5 Å². The minimum absolute atomic E-state index is 1.03. The van der Waals surface area contributed by atoms with Crippen LogP contribution in [0.1, 0.15) is 19.4 Å². The van der Waals surface area contributed by atoms with Crippen molar-refractivity contribution in [2.75, 3.05) is 32.1 Å². The summed E-state index contributed by atoms with van der Waals surface area (Å²) in [5, 5.41) is 0. The zero-order valence-corrected chi connectivity index (χ0v) is 16.8. The average Bonchev–Trinajstić information content (AvgIpc) is 2.71. The Morgan fingerprint density at radius 3 is 2.04 bits per heavy atom. The van der Waals surface area contributed by atoms with Crippen molar-refractivity contribution in [3.63, 3.8) is 0 Å². The SMILES string of the molecule is CC[N+](CC)=C1C=CC(=Cc2ccccc2-c2ccc(N(C)C)cc2)C=C1. The highest BCUT2D eigenvalue weighted by Crippen LogP contribution is 2.28. The van der Waals surface area contributed by atoms with Crippen molar-refractivity contribution in [1.29, 1.82) is 0 Å². The topological polar surface area (TPSA) is 6.25 Å². The molecule has 0 saturated carbocycles. The van der Waals surface area contributed by atoms with E-state index in [-0.39, 0.29) is 0 Å². The van der Waals surface area contributed by atoms with Crippen molar-refractivity contribution in [1.82, 2.24) is 0 Å². The second kappa shape index (κ2) is 8.68. The molecule has 0 fully saturated rings. The first-order valence-corrected chi connectivity index (χ1v) is 9.69. The van der Waals surface area contributed by atoms with Gasteiger partial charge in [-0.15, -0.1) is 0 Å². The first-order valence-electron chi connectivity index (χ1n) is 9.69. The molecule has 1 aliphatic rings. The predicted molar refractivity (Wildman–Crippen MR) is 119 cm³/mol. The van der Waals surface area contributed by atoms with Gasteiger partial charge in [0.15, 0.2) is 5.71 Å². The van der Waals surface area contributed by atoms with Crippen molar-refractivity contribution in [2.24, 2.45) is 0 Å². The Kier molecular flexibility index (Phi) is 6.08. The Morgan fingerprint density at radius 2 is 1.44 bits per heavy atom. The molecular weight excluding hydrogens is 328 g/mol. The Balaban J connectivity index is 1.92. The van der Waals surface area contributed by atoms with Gasteiger partial charge in [-0.05, 0) is 66.5 Å². The molecule has 2 heteroatoms. The number of nitrogens with zero attached hydrogens (tertiary/aromatic N) is 2. The molecule has 0 saturated heterocycles. The first kappa shape index (κ1) is 18.9. The van der Waals surface area contributed by atoms with E-state index >= 15 is 0 Å². The Morgan fingerprint density at radius 1 is 0.815 bits per heavy atom. The van der Waals surface area contributed by atoms with E-state index in [4.69, 9.17) is 0 Å². The van der Waals surface area contributed by atoms with Crippen molar-refractivity contribution in [2.45, 2.75) is 13.8 Å². The fourth-order valence-electron chi connectivity index (χ4n) is 3.37. The van der Waals surface area contributed by atoms with Gasteiger partial charge >= 0.3 is 0 Å². The normalized spacial score (nSPS) is 13.0. The summed E-state index contributed by atoms with van der Waals surface area (Å²) in [7, 11) is 4.14. The van der Waals surface area contributed by atoms with Crippen LogP contribution in [0.2, 0.25) is 0 Å². The number of allylic oxidation sites excluding steroid dienone is 5. The van der Waals surface area contributed by atoms with Gasteiger partial charge in [-0.1, -0.05) is 36.4 Å². The van der Waals surface area contributed by atoms with Crippen LogP contribution in [0.5, 0.6) is 0 Å². The van der Waals surface area contributed by atoms with Gasteiger partial charge in [-0.2, -0.15) is 0 Å². The van der Waals surface area contributed by atoms with Gasteiger partial charge in [-0.25, -0.2) is 4.58 Å². The Labute approximate surface area is 163 Å². The average molecular weight is 358 g/mol. The van der Waals surface area contributed by atoms with E-state index in [2.05, 4.69) is 116 Å². The lowest BCUT2D eigenvalue weighted by molar-refractivity contribution is -0.519. The van der Waals surface area contributed by atoms with Gasteiger partial charge in [0.1, 0.15) is 13.1 Å². The lowest BCUT2D eigenvalue weighted by Gasteiger charge is -2.14. The van der Waals surface area contributed by atoms with Gasteiger partial charge in [0.05, 0.1) is 0 Å². The Bertz CT molecular complexity index is 886. The number of anilines is 1. The lowest BCUT2D eigenvalue weighted by atomic mass is 9.96. The fraction of sp³-hybridized carbons (Fsp3) is 0.240. The van der Waals surface area contributed by atoms with E-state index < -0.39 is 0 Å². The van der Waals surface area contributed by atoms with E-state index in [0.717, 1.165) is 13.1 Å². The summed E-state index contributed by atoms with van der Waals surface area (Å²) in [6.07, 6.45) is 11.1. The Hall–Kier alpha value is -2.87. The van der Waals surface area contributed by atoms with Gasteiger partial charge in [-0.3, -0.25) is 0 Å². The standard InChI is InChI=1S/C25H29N2/c1-5-27(6-2)24-15-11-20(12-16-24)19-22-9-7-8-10-25(22)21-13-17-23(18-14-21)26(3)4/h7-19H,5-6H2,1-4H3/q+1. The molecule has 0 atom stereocenters. The molecule has 0 bridgehead atoms. The van der Waals surface area contributed by atoms with Crippen LogP contribution in [0.3, 0.4) is 0 Å². The molecule has 138 valence electrons. The lowest BCUT2D eigenvalue weighted by Crippen LogP contribution is -2.18. The third-order valence-electron chi connectivity index (χ3n) is 5.00. The summed E-state index contributed by atoms with van der Waals surface area (Å²) in [4.78, 5) is 2.12. The molecule has 27 heavy (non-hydrogen) atoms. The van der Waals surface area contributed by atoms with E-state index in [0.29, 0.717) is 0 Å². The van der Waals surface area contributed by atoms with Crippen LogP contribution in [0.25, 0.3) is 17.2 Å². The summed E-state index contributed by atoms with van der Waals surface area (Å²) in [6.45, 7) is 6.46. The molecule has 2 aromatic carbocycles. The smallest absolute Gasteiger partial charge is 0.199 e. The molecule has 0 unspecified atom stereocenters. The van der Waals surface area contributed by atoms with E-state index in [1.54, 1.807) is 0 Å². The molecule has 3 rings (SSSR count). The van der Waals surface area contributed by atoms with E-state index in [1.165, 1.54) is 33.7 Å². The quantitative estimate of drug-likeness (QED) is 0.647. The summed E-state index contributed by atoms with van der Waals surface area (Å²) in [5.41, 5.74) is 7.47. The minimum atomic E-state index is 1.03. The summed E-state index contributed by atoms with van der Waals surface area (Å²) in [6, 6.07) is 17.3. The van der Waals surface area contributed by atoms with Crippen LogP contribution in [0.4, 0.5) is 5.69 Å². The summed E-state index contributed by atoms with van der Waals surface area (Å²) in [5.74, 6) is 0. The van der Waals surface area contributed by atoms with Crippen LogP contribution in [0.15, 0.2) is 78.4 Å². The number of hydrogen-bond acceptors (Lipinski definition) is 1. The molecule has 0 heterocycles. The van der Waals surface area contributed by atoms with Crippen LogP contribution >= 0.6 is 0 Å². The monoisotopic (exact) mass is 357 g/mol. The summed E-state index contributed by atoms with van der Waals surface area (Å²) >= 11 is 0. The molecule has 0 radical (unpaired) electrons. The molecule has 0 N–H and O–H groups in total. The third kappa shape index (κ3) is 4.46. The maximum atomic E-state index is 2.37.